The minimum Gasteiger partial charge on any atom is -0.330 e. The predicted octanol–water partition coefficient (Wildman–Crippen LogP) is 2.34. The quantitative estimate of drug-likeness (QED) is 0.943. The van der Waals surface area contributed by atoms with Crippen molar-refractivity contribution >= 4 is 9.84 Å². The van der Waals surface area contributed by atoms with Crippen LogP contribution in [0.25, 0.3) is 0 Å². The average molecular weight is 305 g/mol. The number of hydrogen-bond acceptors (Lipinski definition) is 3. The molecule has 110 valence electrons. The SMILES string of the molecule is NC[C@H]1[C@@H](c2ccc(F)cc2)[C@@H]1S(=O)(=O)c1ccccc1. The van der Waals surface area contributed by atoms with Gasteiger partial charge in [0.05, 0.1) is 10.1 Å². The molecule has 2 aromatic carbocycles. The minimum absolute atomic E-state index is 0.110. The van der Waals surface area contributed by atoms with Gasteiger partial charge in [-0.3, -0.25) is 0 Å². The molecule has 3 nitrogen and oxygen atoms in total. The van der Waals surface area contributed by atoms with Gasteiger partial charge in [0.2, 0.25) is 0 Å². The Labute approximate surface area is 123 Å². The highest BCUT2D eigenvalue weighted by Gasteiger charge is 2.57. The highest BCUT2D eigenvalue weighted by molar-refractivity contribution is 7.92. The van der Waals surface area contributed by atoms with Crippen LogP contribution < -0.4 is 5.73 Å². The van der Waals surface area contributed by atoms with Crippen molar-refractivity contribution in [3.05, 3.63) is 66.0 Å². The Morgan fingerprint density at radius 1 is 1.00 bits per heavy atom. The maximum Gasteiger partial charge on any atom is 0.182 e. The van der Waals surface area contributed by atoms with Gasteiger partial charge in [-0.2, -0.15) is 0 Å². The van der Waals surface area contributed by atoms with E-state index in [1.807, 2.05) is 0 Å². The summed E-state index contributed by atoms with van der Waals surface area (Å²) in [5.74, 6) is -0.590. The zero-order valence-electron chi connectivity index (χ0n) is 11.3. The molecular weight excluding hydrogens is 289 g/mol. The van der Waals surface area contributed by atoms with Gasteiger partial charge in [0.15, 0.2) is 9.84 Å². The summed E-state index contributed by atoms with van der Waals surface area (Å²) in [6, 6.07) is 14.4. The third-order valence-electron chi connectivity index (χ3n) is 4.05. The molecule has 1 fully saturated rings. The molecule has 0 spiro atoms. The van der Waals surface area contributed by atoms with Crippen LogP contribution in [0.2, 0.25) is 0 Å². The fourth-order valence-electron chi connectivity index (χ4n) is 2.94. The van der Waals surface area contributed by atoms with Gasteiger partial charge < -0.3 is 5.73 Å². The fourth-order valence-corrected chi connectivity index (χ4v) is 5.18. The summed E-state index contributed by atoms with van der Waals surface area (Å²) < 4.78 is 38.4. The van der Waals surface area contributed by atoms with Crippen LogP contribution >= 0.6 is 0 Å². The first-order chi connectivity index (χ1) is 10.1. The largest absolute Gasteiger partial charge is 0.330 e. The van der Waals surface area contributed by atoms with Gasteiger partial charge in [-0.25, -0.2) is 12.8 Å². The third-order valence-corrected chi connectivity index (χ3v) is 6.34. The first-order valence-electron chi connectivity index (χ1n) is 6.80. The number of rotatable bonds is 4. The van der Waals surface area contributed by atoms with Crippen molar-refractivity contribution in [2.24, 2.45) is 11.7 Å². The van der Waals surface area contributed by atoms with Crippen molar-refractivity contribution in [1.29, 1.82) is 0 Å². The molecule has 0 saturated heterocycles. The van der Waals surface area contributed by atoms with Gasteiger partial charge in [0.25, 0.3) is 0 Å². The predicted molar refractivity (Wildman–Crippen MR) is 79.1 cm³/mol. The van der Waals surface area contributed by atoms with Gasteiger partial charge in [-0.05, 0) is 42.3 Å². The van der Waals surface area contributed by atoms with E-state index in [1.165, 1.54) is 12.1 Å². The molecule has 3 atom stereocenters. The van der Waals surface area contributed by atoms with E-state index in [2.05, 4.69) is 0 Å². The summed E-state index contributed by atoms with van der Waals surface area (Å²) in [7, 11) is -3.41. The Balaban J connectivity index is 1.94. The van der Waals surface area contributed by atoms with Crippen molar-refractivity contribution < 1.29 is 12.8 Å². The van der Waals surface area contributed by atoms with Crippen LogP contribution in [0.15, 0.2) is 59.5 Å². The summed E-state index contributed by atoms with van der Waals surface area (Å²) in [5, 5.41) is -0.518. The standard InChI is InChI=1S/C16H16FNO2S/c17-12-8-6-11(7-9-12)15-14(10-18)16(15)21(19,20)13-4-2-1-3-5-13/h1-9,14-16H,10,18H2/t14-,15+,16+/m0/s1. The van der Waals surface area contributed by atoms with Gasteiger partial charge in [0.1, 0.15) is 5.82 Å². The molecule has 0 unspecified atom stereocenters. The van der Waals surface area contributed by atoms with Crippen molar-refractivity contribution in [2.45, 2.75) is 16.1 Å². The monoisotopic (exact) mass is 305 g/mol. The average Bonchev–Trinajstić information content (AvgIpc) is 3.24. The number of benzene rings is 2. The molecule has 1 aliphatic carbocycles. The van der Waals surface area contributed by atoms with Crippen molar-refractivity contribution in [2.75, 3.05) is 6.54 Å². The number of halogens is 1. The molecule has 3 rings (SSSR count). The second-order valence-electron chi connectivity index (χ2n) is 5.30. The second kappa shape index (κ2) is 5.24. The van der Waals surface area contributed by atoms with Crippen LogP contribution in [0.1, 0.15) is 11.5 Å². The molecule has 0 radical (unpaired) electrons. The number of nitrogens with two attached hydrogens (primary N) is 1. The number of sulfone groups is 1. The van der Waals surface area contributed by atoms with Crippen molar-refractivity contribution in [1.82, 2.24) is 0 Å². The van der Waals surface area contributed by atoms with Crippen LogP contribution in [0.4, 0.5) is 4.39 Å². The van der Waals surface area contributed by atoms with E-state index in [1.54, 1.807) is 42.5 Å². The highest BCUT2D eigenvalue weighted by Crippen LogP contribution is 2.53. The molecule has 0 heterocycles. The van der Waals surface area contributed by atoms with E-state index in [0.29, 0.717) is 11.4 Å². The van der Waals surface area contributed by atoms with Gasteiger partial charge in [0, 0.05) is 5.92 Å². The Hall–Kier alpha value is -1.72. The fraction of sp³-hybridized carbons (Fsp3) is 0.250. The maximum atomic E-state index is 13.0. The van der Waals surface area contributed by atoms with Gasteiger partial charge in [-0.15, -0.1) is 0 Å². The van der Waals surface area contributed by atoms with E-state index in [9.17, 15) is 12.8 Å². The number of hydrogen-bond donors (Lipinski definition) is 1. The second-order valence-corrected chi connectivity index (χ2v) is 7.41. The van der Waals surface area contributed by atoms with Crippen LogP contribution in [-0.2, 0) is 9.84 Å². The molecule has 0 amide bonds. The van der Waals surface area contributed by atoms with E-state index in [0.717, 1.165) is 5.56 Å². The highest BCUT2D eigenvalue weighted by atomic mass is 32.2. The lowest BCUT2D eigenvalue weighted by atomic mass is 10.1. The molecule has 5 heteroatoms. The molecule has 21 heavy (non-hydrogen) atoms. The lowest BCUT2D eigenvalue weighted by Crippen LogP contribution is -2.13. The van der Waals surface area contributed by atoms with Crippen molar-refractivity contribution in [3.63, 3.8) is 0 Å². The van der Waals surface area contributed by atoms with E-state index < -0.39 is 15.1 Å². The Morgan fingerprint density at radius 3 is 2.19 bits per heavy atom. The zero-order chi connectivity index (χ0) is 15.0. The van der Waals surface area contributed by atoms with Gasteiger partial charge in [-0.1, -0.05) is 30.3 Å². The van der Waals surface area contributed by atoms with Crippen LogP contribution in [0.3, 0.4) is 0 Å². The summed E-state index contributed by atoms with van der Waals surface area (Å²) in [6.07, 6.45) is 0. The van der Waals surface area contributed by atoms with Crippen molar-refractivity contribution in [3.8, 4) is 0 Å². The van der Waals surface area contributed by atoms with Crippen LogP contribution in [-0.4, -0.2) is 20.2 Å². The summed E-state index contributed by atoms with van der Waals surface area (Å²) >= 11 is 0. The molecule has 1 aliphatic rings. The lowest BCUT2D eigenvalue weighted by molar-refractivity contribution is 0.591. The van der Waals surface area contributed by atoms with Crippen LogP contribution in [0.5, 0.6) is 0 Å². The molecule has 0 aliphatic heterocycles. The Bertz CT molecular complexity index is 729. The first kappa shape index (κ1) is 14.2. The van der Waals surface area contributed by atoms with E-state index in [4.69, 9.17) is 5.73 Å². The Kier molecular flexibility index (Phi) is 3.55. The van der Waals surface area contributed by atoms with E-state index in [-0.39, 0.29) is 17.7 Å². The molecule has 2 aromatic rings. The summed E-state index contributed by atoms with van der Waals surface area (Å²) in [5.41, 5.74) is 6.55. The third kappa shape index (κ3) is 2.47. The normalized spacial score (nSPS) is 24.8. The smallest absolute Gasteiger partial charge is 0.182 e. The maximum absolute atomic E-state index is 13.0. The van der Waals surface area contributed by atoms with Gasteiger partial charge >= 0.3 is 0 Å². The minimum atomic E-state index is -3.41. The molecule has 2 N–H and O–H groups in total. The van der Waals surface area contributed by atoms with E-state index >= 15 is 0 Å². The molecule has 1 saturated carbocycles. The lowest BCUT2D eigenvalue weighted by Gasteiger charge is -2.04. The molecule has 0 bridgehead atoms. The summed E-state index contributed by atoms with van der Waals surface area (Å²) in [4.78, 5) is 0.318. The Morgan fingerprint density at radius 2 is 1.62 bits per heavy atom. The zero-order valence-corrected chi connectivity index (χ0v) is 12.1. The molecular formula is C16H16FNO2S. The topological polar surface area (TPSA) is 60.2 Å². The molecule has 0 aromatic heterocycles. The first-order valence-corrected chi connectivity index (χ1v) is 8.35. The van der Waals surface area contributed by atoms with Crippen LogP contribution in [0, 0.1) is 11.7 Å². The summed E-state index contributed by atoms with van der Waals surface area (Å²) in [6.45, 7) is 0.304.